The van der Waals surface area contributed by atoms with E-state index < -0.39 is 11.4 Å². The number of pyridine rings is 1. The Kier molecular flexibility index (Phi) is 4.09. The molecule has 0 spiro atoms. The summed E-state index contributed by atoms with van der Waals surface area (Å²) in [5.41, 5.74) is 1.12. The number of aromatic nitrogens is 1. The van der Waals surface area contributed by atoms with Crippen LogP contribution >= 0.6 is 0 Å². The van der Waals surface area contributed by atoms with Crippen LogP contribution in [0.4, 0.5) is 5.69 Å². The van der Waals surface area contributed by atoms with E-state index >= 15 is 0 Å². The third-order valence-electron chi connectivity index (χ3n) is 5.31. The van der Waals surface area contributed by atoms with E-state index in [1.165, 1.54) is 6.20 Å². The van der Waals surface area contributed by atoms with Gasteiger partial charge in [0, 0.05) is 35.9 Å². The van der Waals surface area contributed by atoms with Gasteiger partial charge >= 0.3 is 5.97 Å². The number of carboxylic acids is 1. The molecule has 1 aliphatic rings. The molecular formula is C18H23N3O3. The van der Waals surface area contributed by atoms with Crippen LogP contribution in [0.3, 0.4) is 0 Å². The fraction of sp³-hybridized carbons (Fsp3) is 0.444. The second kappa shape index (κ2) is 5.94. The summed E-state index contributed by atoms with van der Waals surface area (Å²) in [6.45, 7) is 6.36. The molecule has 1 aromatic heterocycles. The van der Waals surface area contributed by atoms with Crippen molar-refractivity contribution in [1.29, 1.82) is 0 Å². The zero-order valence-corrected chi connectivity index (χ0v) is 14.2. The van der Waals surface area contributed by atoms with E-state index in [1.54, 1.807) is 6.07 Å². The number of nitrogens with one attached hydrogen (secondary N) is 2. The molecule has 24 heavy (non-hydrogen) atoms. The van der Waals surface area contributed by atoms with Crippen molar-refractivity contribution in [2.24, 2.45) is 5.92 Å². The van der Waals surface area contributed by atoms with E-state index in [9.17, 15) is 9.59 Å². The molecule has 2 aromatic rings. The summed E-state index contributed by atoms with van der Waals surface area (Å²) in [5, 5.41) is 12.8. The van der Waals surface area contributed by atoms with Crippen LogP contribution in [0.2, 0.25) is 0 Å². The van der Waals surface area contributed by atoms with Gasteiger partial charge in [0.15, 0.2) is 0 Å². The lowest BCUT2D eigenvalue weighted by atomic mass is 9.87. The number of benzene rings is 1. The molecule has 2 heterocycles. The van der Waals surface area contributed by atoms with Gasteiger partial charge < -0.3 is 20.3 Å². The van der Waals surface area contributed by atoms with E-state index in [0.717, 1.165) is 25.2 Å². The first-order valence-corrected chi connectivity index (χ1v) is 8.16. The summed E-state index contributed by atoms with van der Waals surface area (Å²) in [4.78, 5) is 28.5. The van der Waals surface area contributed by atoms with Crippen LogP contribution in [0.25, 0.3) is 10.9 Å². The minimum absolute atomic E-state index is 0.0797. The fourth-order valence-electron chi connectivity index (χ4n) is 3.35. The van der Waals surface area contributed by atoms with Crippen LogP contribution in [-0.2, 0) is 0 Å². The quantitative estimate of drug-likeness (QED) is 0.799. The number of hydrogen-bond acceptors (Lipinski definition) is 4. The van der Waals surface area contributed by atoms with Crippen LogP contribution in [0.5, 0.6) is 0 Å². The Morgan fingerprint density at radius 1 is 1.42 bits per heavy atom. The van der Waals surface area contributed by atoms with Crippen molar-refractivity contribution in [1.82, 2.24) is 10.3 Å². The monoisotopic (exact) mass is 329 g/mol. The number of anilines is 1. The molecule has 0 bridgehead atoms. The molecule has 1 fully saturated rings. The first-order valence-electron chi connectivity index (χ1n) is 8.16. The molecule has 1 saturated heterocycles. The van der Waals surface area contributed by atoms with E-state index in [0.29, 0.717) is 16.8 Å². The summed E-state index contributed by atoms with van der Waals surface area (Å²) < 4.78 is 0. The van der Waals surface area contributed by atoms with Gasteiger partial charge in [-0.3, -0.25) is 4.79 Å². The van der Waals surface area contributed by atoms with Crippen molar-refractivity contribution in [2.45, 2.75) is 25.8 Å². The molecule has 0 radical (unpaired) electrons. The third-order valence-corrected chi connectivity index (χ3v) is 5.31. The number of aromatic carboxylic acids is 1. The molecular weight excluding hydrogens is 306 g/mol. The van der Waals surface area contributed by atoms with Crippen LogP contribution in [0.1, 0.15) is 30.6 Å². The lowest BCUT2D eigenvalue weighted by molar-refractivity contribution is 0.0695. The summed E-state index contributed by atoms with van der Waals surface area (Å²) >= 11 is 0. The molecule has 0 amide bonds. The molecule has 0 aliphatic carbocycles. The van der Waals surface area contributed by atoms with Gasteiger partial charge in [0.25, 0.3) is 0 Å². The highest BCUT2D eigenvalue weighted by Gasteiger charge is 2.34. The second-order valence-corrected chi connectivity index (χ2v) is 6.97. The highest BCUT2D eigenvalue weighted by molar-refractivity contribution is 5.93. The predicted octanol–water partition coefficient (Wildman–Crippen LogP) is 2.05. The summed E-state index contributed by atoms with van der Waals surface area (Å²) in [7, 11) is 1.99. The topological polar surface area (TPSA) is 85.4 Å². The van der Waals surface area contributed by atoms with Gasteiger partial charge in [-0.1, -0.05) is 0 Å². The lowest BCUT2D eigenvalue weighted by Gasteiger charge is -2.31. The normalized spacial score (nSPS) is 18.3. The molecule has 128 valence electrons. The van der Waals surface area contributed by atoms with Crippen molar-refractivity contribution in [3.05, 3.63) is 40.2 Å². The molecule has 6 nitrogen and oxygen atoms in total. The molecule has 1 aromatic carbocycles. The molecule has 1 unspecified atom stereocenters. The summed E-state index contributed by atoms with van der Waals surface area (Å²) in [6.07, 6.45) is 2.38. The van der Waals surface area contributed by atoms with Crippen LogP contribution < -0.4 is 15.6 Å². The minimum Gasteiger partial charge on any atom is -0.477 e. The van der Waals surface area contributed by atoms with E-state index in [-0.39, 0.29) is 11.1 Å². The average Bonchev–Trinajstić information content (AvgIpc) is 3.05. The van der Waals surface area contributed by atoms with Crippen molar-refractivity contribution >= 4 is 22.6 Å². The molecule has 6 heteroatoms. The first kappa shape index (κ1) is 16.5. The molecule has 1 atom stereocenters. The second-order valence-electron chi connectivity index (χ2n) is 6.97. The Morgan fingerprint density at radius 2 is 2.17 bits per heavy atom. The Morgan fingerprint density at radius 3 is 2.83 bits per heavy atom. The maximum Gasteiger partial charge on any atom is 0.341 e. The fourth-order valence-corrected chi connectivity index (χ4v) is 3.35. The first-order chi connectivity index (χ1) is 11.3. The van der Waals surface area contributed by atoms with Gasteiger partial charge in [-0.2, -0.15) is 0 Å². The Labute approximate surface area is 140 Å². The van der Waals surface area contributed by atoms with Crippen molar-refractivity contribution in [3.8, 4) is 0 Å². The Hall–Kier alpha value is -2.34. The molecule has 3 rings (SSSR count). The smallest absolute Gasteiger partial charge is 0.341 e. The lowest BCUT2D eigenvalue weighted by Crippen LogP contribution is -2.45. The van der Waals surface area contributed by atoms with Crippen LogP contribution in [-0.4, -0.2) is 41.7 Å². The van der Waals surface area contributed by atoms with Crippen molar-refractivity contribution < 1.29 is 9.90 Å². The van der Waals surface area contributed by atoms with Gasteiger partial charge in [0.05, 0.1) is 5.52 Å². The molecule has 1 aliphatic heterocycles. The largest absolute Gasteiger partial charge is 0.477 e. The van der Waals surface area contributed by atoms with Crippen molar-refractivity contribution in [2.75, 3.05) is 25.0 Å². The van der Waals surface area contributed by atoms with Crippen LogP contribution in [0, 0.1) is 5.92 Å². The summed E-state index contributed by atoms with van der Waals surface area (Å²) in [6, 6.07) is 5.54. The number of carbonyl (C=O) groups is 1. The third kappa shape index (κ3) is 2.78. The SMILES string of the molecule is CNC(C)(C)C1CCN(c2ccc3c(=O)c(C(=O)O)c[nH]c3c2)C1. The number of aromatic amines is 1. The van der Waals surface area contributed by atoms with Crippen molar-refractivity contribution in [3.63, 3.8) is 0 Å². The average molecular weight is 329 g/mol. The van der Waals surface area contributed by atoms with Gasteiger partial charge in [-0.05, 0) is 51.4 Å². The van der Waals surface area contributed by atoms with E-state index in [4.69, 9.17) is 5.11 Å². The highest BCUT2D eigenvalue weighted by atomic mass is 16.4. The van der Waals surface area contributed by atoms with Gasteiger partial charge in [-0.15, -0.1) is 0 Å². The number of carboxylic acid groups (broad SMARTS) is 1. The summed E-state index contributed by atoms with van der Waals surface area (Å²) in [5.74, 6) is -0.662. The van der Waals surface area contributed by atoms with Crippen LogP contribution in [0.15, 0.2) is 29.2 Å². The molecule has 0 saturated carbocycles. The zero-order chi connectivity index (χ0) is 17.5. The number of fused-ring (bicyclic) bond motifs is 1. The number of hydrogen-bond donors (Lipinski definition) is 3. The number of rotatable bonds is 4. The van der Waals surface area contributed by atoms with Gasteiger partial charge in [0.1, 0.15) is 5.56 Å². The van der Waals surface area contributed by atoms with Gasteiger partial charge in [0.2, 0.25) is 5.43 Å². The van der Waals surface area contributed by atoms with E-state index in [2.05, 4.69) is 29.0 Å². The minimum atomic E-state index is -1.21. The standard InChI is InChI=1S/C18H23N3O3/c1-18(2,19-3)11-6-7-21(10-11)12-4-5-13-15(8-12)20-9-14(16(13)22)17(23)24/h4-5,8-9,11,19H,6-7,10H2,1-3H3,(H,20,22)(H,23,24). The number of H-pyrrole nitrogens is 1. The zero-order valence-electron chi connectivity index (χ0n) is 14.2. The highest BCUT2D eigenvalue weighted by Crippen LogP contribution is 2.31. The van der Waals surface area contributed by atoms with E-state index in [1.807, 2.05) is 19.2 Å². The predicted molar refractivity (Wildman–Crippen MR) is 95.0 cm³/mol. The number of nitrogens with zero attached hydrogens (tertiary/aromatic N) is 1. The Balaban J connectivity index is 1.91. The van der Waals surface area contributed by atoms with Gasteiger partial charge in [-0.25, -0.2) is 4.79 Å². The maximum atomic E-state index is 12.2. The molecule has 3 N–H and O–H groups in total. The Bertz CT molecular complexity index is 841. The maximum absolute atomic E-state index is 12.2.